The largest absolute Gasteiger partial charge is 0.349 e. The molecule has 0 radical (unpaired) electrons. The van der Waals surface area contributed by atoms with E-state index in [1.807, 2.05) is 0 Å². The molecule has 0 spiro atoms. The lowest BCUT2D eigenvalue weighted by Gasteiger charge is -2.06. The van der Waals surface area contributed by atoms with Gasteiger partial charge in [-0.25, -0.2) is 9.18 Å². The van der Waals surface area contributed by atoms with Crippen molar-refractivity contribution in [3.05, 3.63) is 35.6 Å². The number of amides is 3. The molecule has 0 aromatic heterocycles. The second-order valence-electron chi connectivity index (χ2n) is 3.08. The molecule has 6 heteroatoms. The van der Waals surface area contributed by atoms with Gasteiger partial charge < -0.3 is 5.32 Å². The zero-order valence-corrected chi connectivity index (χ0v) is 7.48. The maximum absolute atomic E-state index is 12.6. The molecule has 3 amide bonds. The first-order chi connectivity index (χ1) is 7.09. The molecule has 1 unspecified atom stereocenters. The highest BCUT2D eigenvalue weighted by atomic mass is 19.1. The minimum Gasteiger partial charge on any atom is -0.320 e. The third-order valence-electron chi connectivity index (χ3n) is 2.12. The minimum absolute atomic E-state index is 0.00796. The molecule has 1 aliphatic heterocycles. The summed E-state index contributed by atoms with van der Waals surface area (Å²) in [6.07, 6.45) is 0. The van der Waals surface area contributed by atoms with Crippen LogP contribution in [0.1, 0.15) is 11.6 Å². The molecule has 1 aromatic rings. The van der Waals surface area contributed by atoms with Gasteiger partial charge in [-0.3, -0.25) is 10.0 Å². The smallest absolute Gasteiger partial charge is 0.320 e. The Labute approximate surface area is 84.1 Å². The van der Waals surface area contributed by atoms with E-state index in [9.17, 15) is 14.0 Å². The van der Waals surface area contributed by atoms with Crippen molar-refractivity contribution in [2.24, 2.45) is 0 Å². The second-order valence-corrected chi connectivity index (χ2v) is 3.08. The molecule has 2 rings (SSSR count). The van der Waals surface area contributed by atoms with Crippen LogP contribution in [0.3, 0.4) is 0 Å². The van der Waals surface area contributed by atoms with Crippen LogP contribution in [0.2, 0.25) is 0 Å². The Balaban J connectivity index is 2.29. The molecular formula is C9H7FN2O3. The SMILES string of the molecule is O=C1NC(c2ccc(F)cc2)C(=O)N1O. The predicted molar refractivity (Wildman–Crippen MR) is 46.3 cm³/mol. The number of halogens is 1. The summed E-state index contributed by atoms with van der Waals surface area (Å²) in [5.41, 5.74) is 0.423. The van der Waals surface area contributed by atoms with Gasteiger partial charge in [0.2, 0.25) is 0 Å². The summed E-state index contributed by atoms with van der Waals surface area (Å²) in [6.45, 7) is 0. The molecule has 1 aromatic carbocycles. The predicted octanol–water partition coefficient (Wildman–Crippen LogP) is 0.808. The van der Waals surface area contributed by atoms with Crippen LogP contribution in [-0.4, -0.2) is 22.2 Å². The standard InChI is InChI=1S/C9H7FN2O3/c10-6-3-1-5(2-4-6)7-8(13)12(15)9(14)11-7/h1-4,7,15H,(H,11,14). The van der Waals surface area contributed by atoms with Crippen LogP contribution in [0.15, 0.2) is 24.3 Å². The van der Waals surface area contributed by atoms with Crippen LogP contribution in [0.4, 0.5) is 9.18 Å². The maximum Gasteiger partial charge on any atom is 0.349 e. The van der Waals surface area contributed by atoms with Crippen molar-refractivity contribution in [2.45, 2.75) is 6.04 Å². The van der Waals surface area contributed by atoms with Crippen molar-refractivity contribution in [1.29, 1.82) is 0 Å². The van der Waals surface area contributed by atoms with Crippen molar-refractivity contribution in [2.75, 3.05) is 0 Å². The molecule has 0 aliphatic carbocycles. The summed E-state index contributed by atoms with van der Waals surface area (Å²) in [5.74, 6) is -1.21. The van der Waals surface area contributed by atoms with E-state index in [-0.39, 0.29) is 5.06 Å². The summed E-state index contributed by atoms with van der Waals surface area (Å²) in [7, 11) is 0. The van der Waals surface area contributed by atoms with Gasteiger partial charge in [0, 0.05) is 0 Å². The first-order valence-corrected chi connectivity index (χ1v) is 4.18. The van der Waals surface area contributed by atoms with Crippen LogP contribution >= 0.6 is 0 Å². The Morgan fingerprint density at radius 2 is 1.87 bits per heavy atom. The van der Waals surface area contributed by atoms with Crippen molar-refractivity contribution in [1.82, 2.24) is 10.4 Å². The van der Waals surface area contributed by atoms with E-state index in [1.54, 1.807) is 0 Å². The Morgan fingerprint density at radius 1 is 1.27 bits per heavy atom. The third kappa shape index (κ3) is 1.55. The molecule has 5 nitrogen and oxygen atoms in total. The minimum atomic E-state index is -0.942. The van der Waals surface area contributed by atoms with Gasteiger partial charge in [-0.2, -0.15) is 0 Å². The van der Waals surface area contributed by atoms with Gasteiger partial charge in [0.05, 0.1) is 0 Å². The number of hydroxylamine groups is 2. The van der Waals surface area contributed by atoms with Crippen molar-refractivity contribution < 1.29 is 19.2 Å². The first kappa shape index (κ1) is 9.60. The number of nitrogens with zero attached hydrogens (tertiary/aromatic N) is 1. The molecule has 1 atom stereocenters. The molecule has 1 aliphatic rings. The molecule has 78 valence electrons. The third-order valence-corrected chi connectivity index (χ3v) is 2.12. The van der Waals surface area contributed by atoms with Gasteiger partial charge in [-0.05, 0) is 17.7 Å². The monoisotopic (exact) mass is 210 g/mol. The van der Waals surface area contributed by atoms with Gasteiger partial charge in [0.25, 0.3) is 5.91 Å². The summed E-state index contributed by atoms with van der Waals surface area (Å²) in [5, 5.41) is 11.2. The molecule has 1 heterocycles. The number of imide groups is 1. The Morgan fingerprint density at radius 3 is 2.33 bits per heavy atom. The highest BCUT2D eigenvalue weighted by Crippen LogP contribution is 2.20. The van der Waals surface area contributed by atoms with Gasteiger partial charge >= 0.3 is 6.03 Å². The lowest BCUT2D eigenvalue weighted by molar-refractivity contribution is -0.149. The van der Waals surface area contributed by atoms with Crippen LogP contribution in [0.25, 0.3) is 0 Å². The number of hydrogen-bond donors (Lipinski definition) is 2. The second kappa shape index (κ2) is 3.32. The Kier molecular flexibility index (Phi) is 2.12. The van der Waals surface area contributed by atoms with Crippen LogP contribution in [-0.2, 0) is 4.79 Å². The summed E-state index contributed by atoms with van der Waals surface area (Å²) >= 11 is 0. The zero-order chi connectivity index (χ0) is 11.0. The van der Waals surface area contributed by atoms with E-state index in [2.05, 4.69) is 5.32 Å². The molecule has 0 saturated carbocycles. The van der Waals surface area contributed by atoms with Crippen LogP contribution < -0.4 is 5.32 Å². The average molecular weight is 210 g/mol. The topological polar surface area (TPSA) is 69.6 Å². The maximum atomic E-state index is 12.6. The lowest BCUT2D eigenvalue weighted by atomic mass is 10.1. The van der Waals surface area contributed by atoms with Gasteiger partial charge in [-0.1, -0.05) is 12.1 Å². The zero-order valence-electron chi connectivity index (χ0n) is 7.48. The fourth-order valence-corrected chi connectivity index (χ4v) is 1.35. The van der Waals surface area contributed by atoms with E-state index < -0.39 is 23.8 Å². The van der Waals surface area contributed by atoms with Crippen LogP contribution in [0.5, 0.6) is 0 Å². The normalized spacial score (nSPS) is 20.7. The van der Waals surface area contributed by atoms with E-state index in [1.165, 1.54) is 24.3 Å². The number of urea groups is 1. The van der Waals surface area contributed by atoms with Gasteiger partial charge in [-0.15, -0.1) is 5.06 Å². The molecule has 1 saturated heterocycles. The lowest BCUT2D eigenvalue weighted by Crippen LogP contribution is -2.26. The Hall–Kier alpha value is -1.95. The Bertz CT molecular complexity index is 418. The summed E-state index contributed by atoms with van der Waals surface area (Å²) in [6, 6.07) is 3.27. The fraction of sp³-hybridized carbons (Fsp3) is 0.111. The van der Waals surface area contributed by atoms with Crippen LogP contribution in [0, 0.1) is 5.82 Å². The van der Waals surface area contributed by atoms with E-state index >= 15 is 0 Å². The van der Waals surface area contributed by atoms with Crippen molar-refractivity contribution >= 4 is 11.9 Å². The van der Waals surface area contributed by atoms with Gasteiger partial charge in [0.1, 0.15) is 11.9 Å². The van der Waals surface area contributed by atoms with E-state index in [4.69, 9.17) is 5.21 Å². The van der Waals surface area contributed by atoms with Gasteiger partial charge in [0.15, 0.2) is 0 Å². The van der Waals surface area contributed by atoms with Crippen molar-refractivity contribution in [3.8, 4) is 0 Å². The summed E-state index contributed by atoms with van der Waals surface area (Å²) < 4.78 is 12.6. The number of benzene rings is 1. The molecule has 15 heavy (non-hydrogen) atoms. The van der Waals surface area contributed by atoms with Crippen molar-refractivity contribution in [3.63, 3.8) is 0 Å². The van der Waals surface area contributed by atoms with E-state index in [0.29, 0.717) is 5.56 Å². The number of carbonyl (C=O) groups excluding carboxylic acids is 2. The van der Waals surface area contributed by atoms with E-state index in [0.717, 1.165) is 0 Å². The number of hydrogen-bond acceptors (Lipinski definition) is 3. The molecular weight excluding hydrogens is 203 g/mol. The number of carbonyl (C=O) groups is 2. The quantitative estimate of drug-likeness (QED) is 0.532. The first-order valence-electron chi connectivity index (χ1n) is 4.18. The highest BCUT2D eigenvalue weighted by Gasteiger charge is 2.38. The molecule has 2 N–H and O–H groups in total. The molecule has 0 bridgehead atoms. The highest BCUT2D eigenvalue weighted by molar-refractivity contribution is 6.03. The summed E-state index contributed by atoms with van der Waals surface area (Å²) in [4.78, 5) is 22.2. The number of nitrogens with one attached hydrogen (secondary N) is 1. The molecule has 1 fully saturated rings. The average Bonchev–Trinajstić information content (AvgIpc) is 2.47. The number of rotatable bonds is 1. The fourth-order valence-electron chi connectivity index (χ4n) is 1.35.